The third kappa shape index (κ3) is 3.35. The highest BCUT2D eigenvalue weighted by molar-refractivity contribution is 7.89. The number of carbonyl (C=O) groups is 1. The predicted molar refractivity (Wildman–Crippen MR) is 100 cm³/mol. The molecule has 1 saturated heterocycles. The minimum absolute atomic E-state index is 0.0736. The lowest BCUT2D eigenvalue weighted by atomic mass is 9.86. The molecule has 0 aromatic heterocycles. The van der Waals surface area contributed by atoms with Gasteiger partial charge in [-0.15, -0.1) is 0 Å². The molecule has 1 aromatic carbocycles. The predicted octanol–water partition coefficient (Wildman–Crippen LogP) is 3.52. The second-order valence-electron chi connectivity index (χ2n) is 7.53. The Morgan fingerprint density at radius 2 is 1.92 bits per heavy atom. The lowest BCUT2D eigenvalue weighted by Crippen LogP contribution is -2.44. The number of rotatable bonds is 7. The van der Waals surface area contributed by atoms with Gasteiger partial charge in [-0.05, 0) is 44.2 Å². The van der Waals surface area contributed by atoms with Crippen molar-refractivity contribution in [2.75, 3.05) is 7.11 Å². The quantitative estimate of drug-likeness (QED) is 0.727. The Morgan fingerprint density at radius 3 is 2.54 bits per heavy atom. The van der Waals surface area contributed by atoms with Gasteiger partial charge in [-0.2, -0.15) is 4.31 Å². The van der Waals surface area contributed by atoms with E-state index < -0.39 is 16.3 Å². The number of hydrogen-bond acceptors (Lipinski definition) is 4. The highest BCUT2D eigenvalue weighted by Gasteiger charge is 2.57. The van der Waals surface area contributed by atoms with Gasteiger partial charge in [0.05, 0.1) is 10.8 Å². The summed E-state index contributed by atoms with van der Waals surface area (Å²) in [5.74, 6) is -0.124. The summed E-state index contributed by atoms with van der Waals surface area (Å²) in [4.78, 5) is 13.1. The van der Waals surface area contributed by atoms with Crippen molar-refractivity contribution in [1.82, 2.24) is 4.31 Å². The standard InChI is InChI=1S/C20H29NO4S/c1-4-5-9-18(22)19-16-7-6-8-17(16)21(20(19)25-3)26(23,24)15-12-10-14(2)11-13-15/h10-13,16-17,19-20H,4-9H2,1-3H3/t16-,17+,19-,20+/m0/s1. The van der Waals surface area contributed by atoms with Crippen LogP contribution in [0.4, 0.5) is 0 Å². The van der Waals surface area contributed by atoms with Gasteiger partial charge >= 0.3 is 0 Å². The molecular formula is C20H29NO4S. The fourth-order valence-electron chi connectivity index (χ4n) is 4.58. The number of ether oxygens (including phenoxy) is 1. The SMILES string of the molecule is CCCCC(=O)[C@@H]1[C@H]2CCC[C@H]2N(S(=O)(=O)c2ccc(C)cc2)[C@@H]1OC. The third-order valence-electron chi connectivity index (χ3n) is 5.86. The summed E-state index contributed by atoms with van der Waals surface area (Å²) in [7, 11) is -2.18. The van der Waals surface area contributed by atoms with Crippen molar-refractivity contribution in [1.29, 1.82) is 0 Å². The molecule has 0 N–H and O–H groups in total. The Balaban J connectivity index is 1.97. The van der Waals surface area contributed by atoms with Crippen LogP contribution in [0.3, 0.4) is 0 Å². The number of ketones is 1. The zero-order valence-corrected chi connectivity index (χ0v) is 16.7. The molecule has 144 valence electrons. The van der Waals surface area contributed by atoms with Crippen molar-refractivity contribution in [2.45, 2.75) is 69.5 Å². The van der Waals surface area contributed by atoms with Crippen molar-refractivity contribution in [3.8, 4) is 0 Å². The molecule has 0 unspecified atom stereocenters. The number of methoxy groups -OCH3 is 1. The van der Waals surface area contributed by atoms with Crippen molar-refractivity contribution >= 4 is 15.8 Å². The number of hydrogen-bond donors (Lipinski definition) is 0. The molecule has 3 rings (SSSR count). The maximum atomic E-state index is 13.4. The Labute approximate surface area is 156 Å². The van der Waals surface area contributed by atoms with E-state index >= 15 is 0 Å². The first-order valence-corrected chi connectivity index (χ1v) is 11.0. The molecule has 1 heterocycles. The van der Waals surface area contributed by atoms with Gasteiger partial charge < -0.3 is 4.74 Å². The number of Topliss-reactive ketones (excluding diaryl/α,β-unsaturated/α-hetero) is 1. The molecular weight excluding hydrogens is 350 g/mol. The molecule has 1 aliphatic heterocycles. The molecule has 0 spiro atoms. The number of sulfonamides is 1. The highest BCUT2D eigenvalue weighted by atomic mass is 32.2. The Bertz CT molecular complexity index is 744. The van der Waals surface area contributed by atoms with Crippen molar-refractivity contribution in [2.24, 2.45) is 11.8 Å². The Morgan fingerprint density at radius 1 is 1.23 bits per heavy atom. The smallest absolute Gasteiger partial charge is 0.245 e. The van der Waals surface area contributed by atoms with Crippen molar-refractivity contribution in [3.05, 3.63) is 29.8 Å². The van der Waals surface area contributed by atoms with Crippen LogP contribution < -0.4 is 0 Å². The molecule has 0 radical (unpaired) electrons. The minimum atomic E-state index is -3.70. The second kappa shape index (κ2) is 7.79. The molecule has 0 amide bonds. The first-order chi connectivity index (χ1) is 12.4. The number of aryl methyl sites for hydroxylation is 1. The van der Waals surface area contributed by atoms with Crippen LogP contribution >= 0.6 is 0 Å². The summed E-state index contributed by atoms with van der Waals surface area (Å²) >= 11 is 0. The van der Waals surface area contributed by atoms with E-state index in [0.717, 1.165) is 37.7 Å². The molecule has 2 fully saturated rings. The van der Waals surface area contributed by atoms with E-state index in [9.17, 15) is 13.2 Å². The average molecular weight is 380 g/mol. The molecule has 1 aliphatic carbocycles. The van der Waals surface area contributed by atoms with Gasteiger partial charge in [0, 0.05) is 19.6 Å². The van der Waals surface area contributed by atoms with Gasteiger partial charge in [0.25, 0.3) is 0 Å². The van der Waals surface area contributed by atoms with E-state index in [0.29, 0.717) is 6.42 Å². The van der Waals surface area contributed by atoms with Gasteiger partial charge in [0.15, 0.2) is 0 Å². The van der Waals surface area contributed by atoms with Crippen LogP contribution in [0.2, 0.25) is 0 Å². The summed E-state index contributed by atoms with van der Waals surface area (Å²) in [5.41, 5.74) is 1.01. The summed E-state index contributed by atoms with van der Waals surface area (Å²) in [5, 5.41) is 0. The minimum Gasteiger partial charge on any atom is -0.365 e. The van der Waals surface area contributed by atoms with Crippen molar-refractivity contribution in [3.63, 3.8) is 0 Å². The first-order valence-electron chi connectivity index (χ1n) is 9.57. The van der Waals surface area contributed by atoms with Crippen LogP contribution in [-0.4, -0.2) is 37.9 Å². The van der Waals surface area contributed by atoms with E-state index in [1.807, 2.05) is 6.92 Å². The Hall–Kier alpha value is -1.24. The van der Waals surface area contributed by atoms with Crippen LogP contribution in [-0.2, 0) is 19.6 Å². The van der Waals surface area contributed by atoms with E-state index in [1.54, 1.807) is 24.3 Å². The lowest BCUT2D eigenvalue weighted by Gasteiger charge is -2.29. The van der Waals surface area contributed by atoms with Gasteiger partial charge in [0.1, 0.15) is 12.0 Å². The third-order valence-corrected chi connectivity index (χ3v) is 7.77. The number of unbranched alkanes of at least 4 members (excludes halogenated alkanes) is 1. The van der Waals surface area contributed by atoms with Crippen LogP contribution in [0.25, 0.3) is 0 Å². The highest BCUT2D eigenvalue weighted by Crippen LogP contribution is 2.48. The topological polar surface area (TPSA) is 63.7 Å². The number of fused-ring (bicyclic) bond motifs is 1. The van der Waals surface area contributed by atoms with Crippen LogP contribution in [0.5, 0.6) is 0 Å². The molecule has 1 aromatic rings. The summed E-state index contributed by atoms with van der Waals surface area (Å²) < 4.78 is 33.9. The van der Waals surface area contributed by atoms with Gasteiger partial charge in [-0.25, -0.2) is 8.42 Å². The first kappa shape index (κ1) is 19.5. The number of nitrogens with zero attached hydrogens (tertiary/aromatic N) is 1. The average Bonchev–Trinajstić information content (AvgIpc) is 3.19. The Kier molecular flexibility index (Phi) is 5.85. The maximum absolute atomic E-state index is 13.4. The largest absolute Gasteiger partial charge is 0.365 e. The van der Waals surface area contributed by atoms with E-state index in [-0.39, 0.29) is 28.6 Å². The zero-order valence-electron chi connectivity index (χ0n) is 15.8. The molecule has 1 saturated carbocycles. The second-order valence-corrected chi connectivity index (χ2v) is 9.38. The van der Waals surface area contributed by atoms with Crippen molar-refractivity contribution < 1.29 is 17.9 Å². The van der Waals surface area contributed by atoms with E-state index in [2.05, 4.69) is 6.92 Å². The van der Waals surface area contributed by atoms with Crippen LogP contribution in [0, 0.1) is 18.8 Å². The van der Waals surface area contributed by atoms with Gasteiger partial charge in [0.2, 0.25) is 10.0 Å². The normalized spacial score (nSPS) is 29.0. The summed E-state index contributed by atoms with van der Waals surface area (Å²) in [6.45, 7) is 3.99. The van der Waals surface area contributed by atoms with Crippen LogP contribution in [0.1, 0.15) is 51.0 Å². The molecule has 26 heavy (non-hydrogen) atoms. The van der Waals surface area contributed by atoms with E-state index in [1.165, 1.54) is 11.4 Å². The van der Waals surface area contributed by atoms with E-state index in [4.69, 9.17) is 4.74 Å². The molecule has 6 heteroatoms. The zero-order chi connectivity index (χ0) is 18.9. The maximum Gasteiger partial charge on any atom is 0.245 e. The van der Waals surface area contributed by atoms with Gasteiger partial charge in [-0.3, -0.25) is 4.79 Å². The molecule has 0 bridgehead atoms. The van der Waals surface area contributed by atoms with Gasteiger partial charge in [-0.1, -0.05) is 37.5 Å². The fourth-order valence-corrected chi connectivity index (χ4v) is 6.41. The molecule has 2 aliphatic rings. The monoisotopic (exact) mass is 379 g/mol. The molecule has 5 nitrogen and oxygen atoms in total. The van der Waals surface area contributed by atoms with Crippen LogP contribution in [0.15, 0.2) is 29.2 Å². The lowest BCUT2D eigenvalue weighted by molar-refractivity contribution is -0.129. The fraction of sp³-hybridized carbons (Fsp3) is 0.650. The number of carbonyl (C=O) groups excluding carboxylic acids is 1. The number of benzene rings is 1. The summed E-state index contributed by atoms with van der Waals surface area (Å²) in [6.07, 6.45) is 4.26. The summed E-state index contributed by atoms with van der Waals surface area (Å²) in [6, 6.07) is 6.77. The molecule has 4 atom stereocenters.